The highest BCUT2D eigenvalue weighted by Crippen LogP contribution is 2.24. The molecule has 2 aromatic rings. The number of aliphatic hydroxyl groups is 1. The molecule has 1 heterocycles. The Bertz CT molecular complexity index is 895. The number of hydrogen-bond acceptors (Lipinski definition) is 4. The van der Waals surface area contributed by atoms with Gasteiger partial charge in [0.2, 0.25) is 0 Å². The predicted molar refractivity (Wildman–Crippen MR) is 123 cm³/mol. The normalized spacial score (nSPS) is 15.1. The van der Waals surface area contributed by atoms with Crippen molar-refractivity contribution in [3.8, 4) is 5.75 Å². The van der Waals surface area contributed by atoms with Gasteiger partial charge in [-0.15, -0.1) is 0 Å². The van der Waals surface area contributed by atoms with E-state index in [-0.39, 0.29) is 11.9 Å². The van der Waals surface area contributed by atoms with Crippen LogP contribution in [0.25, 0.3) is 0 Å². The Balaban J connectivity index is 1.64. The minimum absolute atomic E-state index is 0.244. The SMILES string of the molecule is CCNC(=NCc1ccc(N2CCC(O)CC2)c(F)c1)NCc1ccc(C)cc1OC. The minimum atomic E-state index is -0.273. The van der Waals surface area contributed by atoms with Crippen molar-refractivity contribution in [3.05, 3.63) is 58.9 Å². The summed E-state index contributed by atoms with van der Waals surface area (Å²) < 4.78 is 20.2. The van der Waals surface area contributed by atoms with Crippen molar-refractivity contribution in [2.75, 3.05) is 31.6 Å². The largest absolute Gasteiger partial charge is 0.496 e. The Morgan fingerprint density at radius 1 is 1.19 bits per heavy atom. The molecule has 7 heteroatoms. The van der Waals surface area contributed by atoms with Gasteiger partial charge in [0.1, 0.15) is 11.6 Å². The van der Waals surface area contributed by atoms with Crippen LogP contribution in [0, 0.1) is 12.7 Å². The van der Waals surface area contributed by atoms with E-state index >= 15 is 0 Å². The lowest BCUT2D eigenvalue weighted by Crippen LogP contribution is -2.37. The van der Waals surface area contributed by atoms with Gasteiger partial charge < -0.3 is 25.4 Å². The van der Waals surface area contributed by atoms with Crippen LogP contribution in [-0.4, -0.2) is 43.9 Å². The van der Waals surface area contributed by atoms with Crippen molar-refractivity contribution in [1.82, 2.24) is 10.6 Å². The number of aliphatic hydroxyl groups excluding tert-OH is 1. The average molecular weight is 429 g/mol. The van der Waals surface area contributed by atoms with Crippen molar-refractivity contribution in [2.24, 2.45) is 4.99 Å². The van der Waals surface area contributed by atoms with E-state index < -0.39 is 0 Å². The third kappa shape index (κ3) is 6.34. The predicted octanol–water partition coefficient (Wildman–Crippen LogP) is 3.36. The zero-order valence-corrected chi connectivity index (χ0v) is 18.6. The molecule has 0 aliphatic carbocycles. The van der Waals surface area contributed by atoms with Crippen molar-refractivity contribution in [1.29, 1.82) is 0 Å². The number of benzene rings is 2. The second kappa shape index (κ2) is 11.0. The molecule has 31 heavy (non-hydrogen) atoms. The van der Waals surface area contributed by atoms with E-state index in [2.05, 4.69) is 21.7 Å². The number of aryl methyl sites for hydroxylation is 1. The van der Waals surface area contributed by atoms with Gasteiger partial charge in [0, 0.05) is 31.7 Å². The lowest BCUT2D eigenvalue weighted by Gasteiger charge is -2.31. The van der Waals surface area contributed by atoms with Gasteiger partial charge in [0.25, 0.3) is 0 Å². The van der Waals surface area contributed by atoms with Crippen molar-refractivity contribution < 1.29 is 14.2 Å². The van der Waals surface area contributed by atoms with Crippen molar-refractivity contribution in [2.45, 2.75) is 45.9 Å². The summed E-state index contributed by atoms with van der Waals surface area (Å²) in [5.41, 5.74) is 3.59. The van der Waals surface area contributed by atoms with Gasteiger partial charge in [-0.05, 0) is 56.0 Å². The van der Waals surface area contributed by atoms with E-state index in [1.165, 1.54) is 0 Å². The molecule has 0 bridgehead atoms. The number of nitrogens with one attached hydrogen (secondary N) is 2. The van der Waals surface area contributed by atoms with Crippen molar-refractivity contribution in [3.63, 3.8) is 0 Å². The van der Waals surface area contributed by atoms with E-state index in [1.54, 1.807) is 13.2 Å². The molecule has 0 unspecified atom stereocenters. The van der Waals surface area contributed by atoms with Crippen LogP contribution in [0.2, 0.25) is 0 Å². The van der Waals surface area contributed by atoms with Crippen molar-refractivity contribution >= 4 is 11.6 Å². The molecule has 2 aromatic carbocycles. The van der Waals surface area contributed by atoms with Gasteiger partial charge in [-0.1, -0.05) is 18.2 Å². The maximum Gasteiger partial charge on any atom is 0.191 e. The highest BCUT2D eigenvalue weighted by molar-refractivity contribution is 5.79. The van der Waals surface area contributed by atoms with Crippen LogP contribution in [0.5, 0.6) is 5.75 Å². The maximum atomic E-state index is 14.7. The number of methoxy groups -OCH3 is 1. The van der Waals surface area contributed by atoms with Gasteiger partial charge in [-0.3, -0.25) is 0 Å². The Morgan fingerprint density at radius 2 is 1.97 bits per heavy atom. The maximum absolute atomic E-state index is 14.7. The fourth-order valence-electron chi connectivity index (χ4n) is 3.70. The third-order valence-corrected chi connectivity index (χ3v) is 5.47. The Morgan fingerprint density at radius 3 is 2.65 bits per heavy atom. The second-order valence-electron chi connectivity index (χ2n) is 7.87. The van der Waals surface area contributed by atoms with Crippen LogP contribution in [-0.2, 0) is 13.1 Å². The number of hydrogen-bond donors (Lipinski definition) is 3. The van der Waals surface area contributed by atoms with E-state index in [0.29, 0.717) is 50.7 Å². The highest BCUT2D eigenvalue weighted by atomic mass is 19.1. The molecule has 0 atom stereocenters. The summed E-state index contributed by atoms with van der Waals surface area (Å²) in [5.74, 6) is 1.26. The molecule has 0 saturated carbocycles. The fourth-order valence-corrected chi connectivity index (χ4v) is 3.70. The molecule has 1 fully saturated rings. The standard InChI is InChI=1S/C24H33FN4O2/c1-4-26-24(28-16-19-7-5-17(2)13-23(19)31-3)27-15-18-6-8-22(21(25)14-18)29-11-9-20(30)10-12-29/h5-8,13-14,20,30H,4,9-12,15-16H2,1-3H3,(H2,26,27,28). The first-order valence-corrected chi connectivity index (χ1v) is 10.9. The number of aliphatic imine (C=N–C) groups is 1. The first kappa shape index (κ1) is 22.9. The zero-order valence-electron chi connectivity index (χ0n) is 18.6. The van der Waals surface area contributed by atoms with Gasteiger partial charge in [0.05, 0.1) is 25.4 Å². The molecule has 1 saturated heterocycles. The summed E-state index contributed by atoms with van der Waals surface area (Å²) in [6.07, 6.45) is 1.08. The number of halogens is 1. The van der Waals surface area contributed by atoms with Crippen LogP contribution in [0.4, 0.5) is 10.1 Å². The number of guanidine groups is 1. The average Bonchev–Trinajstić information content (AvgIpc) is 2.77. The quantitative estimate of drug-likeness (QED) is 0.466. The van der Waals surface area contributed by atoms with Crippen LogP contribution in [0.15, 0.2) is 41.4 Å². The summed E-state index contributed by atoms with van der Waals surface area (Å²) in [4.78, 5) is 6.60. The van der Waals surface area contributed by atoms with Crippen LogP contribution >= 0.6 is 0 Å². The molecule has 0 amide bonds. The number of nitrogens with zero attached hydrogens (tertiary/aromatic N) is 2. The van der Waals surface area contributed by atoms with Gasteiger partial charge >= 0.3 is 0 Å². The first-order valence-electron chi connectivity index (χ1n) is 10.9. The summed E-state index contributed by atoms with van der Waals surface area (Å²) in [5, 5.41) is 16.2. The van der Waals surface area contributed by atoms with Crippen LogP contribution < -0.4 is 20.3 Å². The van der Waals surface area contributed by atoms with Gasteiger partial charge in [0.15, 0.2) is 5.96 Å². The smallest absolute Gasteiger partial charge is 0.191 e. The van der Waals surface area contributed by atoms with E-state index in [0.717, 1.165) is 29.0 Å². The molecule has 3 N–H and O–H groups in total. The lowest BCUT2D eigenvalue weighted by molar-refractivity contribution is 0.145. The molecule has 0 aromatic heterocycles. The topological polar surface area (TPSA) is 69.1 Å². The first-order chi connectivity index (χ1) is 15.0. The second-order valence-corrected chi connectivity index (χ2v) is 7.87. The molecule has 1 aliphatic rings. The Hall–Kier alpha value is -2.80. The molecular formula is C24H33FN4O2. The molecule has 168 valence electrons. The fraction of sp³-hybridized carbons (Fsp3) is 0.458. The number of rotatable bonds is 7. The molecule has 0 spiro atoms. The number of anilines is 1. The molecule has 0 radical (unpaired) electrons. The number of piperidine rings is 1. The molecule has 6 nitrogen and oxygen atoms in total. The monoisotopic (exact) mass is 428 g/mol. The highest BCUT2D eigenvalue weighted by Gasteiger charge is 2.19. The lowest BCUT2D eigenvalue weighted by atomic mass is 10.1. The molecule has 1 aliphatic heterocycles. The number of ether oxygens (including phenoxy) is 1. The Kier molecular flexibility index (Phi) is 8.12. The van der Waals surface area contributed by atoms with Gasteiger partial charge in [-0.2, -0.15) is 0 Å². The summed E-state index contributed by atoms with van der Waals surface area (Å²) in [7, 11) is 1.67. The zero-order chi connectivity index (χ0) is 22.2. The molecule has 3 rings (SSSR count). The van der Waals surface area contributed by atoms with Crippen LogP contribution in [0.1, 0.15) is 36.5 Å². The van der Waals surface area contributed by atoms with E-state index in [4.69, 9.17) is 4.74 Å². The summed E-state index contributed by atoms with van der Waals surface area (Å²) >= 11 is 0. The third-order valence-electron chi connectivity index (χ3n) is 5.47. The van der Waals surface area contributed by atoms with Crippen LogP contribution in [0.3, 0.4) is 0 Å². The summed E-state index contributed by atoms with van der Waals surface area (Å²) in [6.45, 7) is 7.06. The molecular weight excluding hydrogens is 395 g/mol. The summed E-state index contributed by atoms with van der Waals surface area (Å²) in [6, 6.07) is 11.4. The van der Waals surface area contributed by atoms with E-state index in [9.17, 15) is 9.50 Å². The minimum Gasteiger partial charge on any atom is -0.496 e. The van der Waals surface area contributed by atoms with E-state index in [1.807, 2.05) is 43.0 Å². The Labute approximate surface area is 184 Å². The van der Waals surface area contributed by atoms with Gasteiger partial charge in [-0.25, -0.2) is 9.38 Å².